The van der Waals surface area contributed by atoms with Crippen LogP contribution in [0.1, 0.15) is 4.88 Å². The van der Waals surface area contributed by atoms with Gasteiger partial charge in [-0.1, -0.05) is 18.2 Å². The van der Waals surface area contributed by atoms with Gasteiger partial charge in [-0.15, -0.1) is 15.2 Å². The lowest BCUT2D eigenvalue weighted by Crippen LogP contribution is -1.91. The van der Waals surface area contributed by atoms with Crippen molar-refractivity contribution in [1.82, 2.24) is 0 Å². The van der Waals surface area contributed by atoms with Gasteiger partial charge in [-0.2, -0.15) is 8.42 Å². The Kier molecular flexibility index (Phi) is 2.08. The van der Waals surface area contributed by atoms with E-state index in [1.165, 1.54) is 11.3 Å². The molecular weight excluding hydrogens is 223 g/mol. The van der Waals surface area contributed by atoms with E-state index >= 15 is 0 Å². The smallest absolute Gasteiger partial charge is 0.189 e. The maximum absolute atomic E-state index is 12.9. The Morgan fingerprint density at radius 3 is 2.57 bits per heavy atom. The highest BCUT2D eigenvalue weighted by molar-refractivity contribution is 7.86. The van der Waals surface area contributed by atoms with Crippen LogP contribution < -0.4 is 0 Å². The zero-order valence-electron chi connectivity index (χ0n) is 7.32. The van der Waals surface area contributed by atoms with Crippen LogP contribution in [0.5, 0.6) is 0 Å². The fourth-order valence-electron chi connectivity index (χ4n) is 1.45. The molecule has 1 aromatic carbocycles. The molecule has 0 radical (unpaired) electrons. The van der Waals surface area contributed by atoms with E-state index in [4.69, 9.17) is 0 Å². The molecule has 14 heavy (non-hydrogen) atoms. The average molecular weight is 230 g/mol. The molecule has 0 atom stereocenters. The molecule has 0 saturated heterocycles. The van der Waals surface area contributed by atoms with Gasteiger partial charge in [0, 0.05) is 15.0 Å². The maximum atomic E-state index is 12.9. The van der Waals surface area contributed by atoms with Gasteiger partial charge in [0.2, 0.25) is 0 Å². The number of fused-ring (bicyclic) bond motifs is 1. The predicted molar refractivity (Wildman–Crippen MR) is 54.9 cm³/mol. The molecule has 2 nitrogen and oxygen atoms in total. The van der Waals surface area contributed by atoms with E-state index in [2.05, 4.69) is 0 Å². The van der Waals surface area contributed by atoms with E-state index in [0.717, 1.165) is 4.70 Å². The number of hydrogen-bond donors (Lipinski definition) is 0. The van der Waals surface area contributed by atoms with E-state index in [1.54, 1.807) is 31.2 Å². The second kappa shape index (κ2) is 3.03. The van der Waals surface area contributed by atoms with Crippen LogP contribution in [-0.4, -0.2) is 8.42 Å². The molecule has 2 rings (SSSR count). The van der Waals surface area contributed by atoms with Crippen molar-refractivity contribution < 1.29 is 12.3 Å². The standard InChI is InChI=1S/C9H7FO2S2/c1-6-9(14(10,11)12)7-4-2-3-5-8(7)13-6/h2-5H,1H3. The molecule has 0 aliphatic rings. The Bertz CT molecular complexity index is 584. The fraction of sp³-hybridized carbons (Fsp3) is 0.111. The molecule has 0 N–H and O–H groups in total. The van der Waals surface area contributed by atoms with Gasteiger partial charge in [0.1, 0.15) is 4.90 Å². The van der Waals surface area contributed by atoms with Crippen LogP contribution in [0.15, 0.2) is 29.2 Å². The van der Waals surface area contributed by atoms with Crippen LogP contribution in [-0.2, 0) is 10.2 Å². The Morgan fingerprint density at radius 1 is 1.29 bits per heavy atom. The van der Waals surface area contributed by atoms with Crippen molar-refractivity contribution in [1.29, 1.82) is 0 Å². The Labute approximate surface area is 85.2 Å². The Balaban J connectivity index is 2.95. The first kappa shape index (κ1) is 9.61. The van der Waals surface area contributed by atoms with E-state index in [-0.39, 0.29) is 4.90 Å². The van der Waals surface area contributed by atoms with Crippen LogP contribution >= 0.6 is 11.3 Å². The monoisotopic (exact) mass is 230 g/mol. The molecule has 0 amide bonds. The fourth-order valence-corrected chi connectivity index (χ4v) is 3.68. The number of thiophene rings is 1. The zero-order chi connectivity index (χ0) is 10.3. The van der Waals surface area contributed by atoms with Gasteiger partial charge in [-0.25, -0.2) is 0 Å². The molecule has 1 aromatic heterocycles. The number of benzene rings is 1. The minimum Gasteiger partial charge on any atom is -0.189 e. The molecule has 0 fully saturated rings. The van der Waals surface area contributed by atoms with Gasteiger partial charge in [0.25, 0.3) is 0 Å². The van der Waals surface area contributed by atoms with Crippen molar-refractivity contribution in [2.45, 2.75) is 11.8 Å². The van der Waals surface area contributed by atoms with E-state index in [0.29, 0.717) is 10.3 Å². The quantitative estimate of drug-likeness (QED) is 0.706. The minimum absolute atomic E-state index is 0.182. The largest absolute Gasteiger partial charge is 0.333 e. The highest BCUT2D eigenvalue weighted by Crippen LogP contribution is 2.34. The summed E-state index contributed by atoms with van der Waals surface area (Å²) in [6.07, 6.45) is 0. The SMILES string of the molecule is Cc1sc2ccccc2c1S(=O)(=O)F. The summed E-state index contributed by atoms with van der Waals surface area (Å²) in [5, 5.41) is 0.470. The van der Waals surface area contributed by atoms with Gasteiger partial charge < -0.3 is 0 Å². The van der Waals surface area contributed by atoms with Crippen LogP contribution in [0.25, 0.3) is 10.1 Å². The summed E-state index contributed by atoms with van der Waals surface area (Å²) >= 11 is 1.29. The number of hydrogen-bond acceptors (Lipinski definition) is 3. The van der Waals surface area contributed by atoms with E-state index in [9.17, 15) is 12.3 Å². The first-order valence-electron chi connectivity index (χ1n) is 3.93. The topological polar surface area (TPSA) is 34.1 Å². The molecule has 5 heteroatoms. The summed E-state index contributed by atoms with van der Waals surface area (Å²) in [6, 6.07) is 6.89. The lowest BCUT2D eigenvalue weighted by molar-refractivity contribution is 0.553. The zero-order valence-corrected chi connectivity index (χ0v) is 8.95. The number of aryl methyl sites for hydroxylation is 1. The third-order valence-corrected chi connectivity index (χ3v) is 4.19. The third-order valence-electron chi connectivity index (χ3n) is 1.96. The molecule has 0 aliphatic carbocycles. The molecule has 0 saturated carbocycles. The van der Waals surface area contributed by atoms with Crippen molar-refractivity contribution >= 4 is 31.6 Å². The Hall–Kier alpha value is -0.940. The van der Waals surface area contributed by atoms with Crippen molar-refractivity contribution in [3.8, 4) is 0 Å². The van der Waals surface area contributed by atoms with Crippen LogP contribution in [0, 0.1) is 6.92 Å². The lowest BCUT2D eigenvalue weighted by Gasteiger charge is -1.93. The molecule has 2 aromatic rings. The molecule has 1 heterocycles. The van der Waals surface area contributed by atoms with Crippen LogP contribution in [0.2, 0.25) is 0 Å². The van der Waals surface area contributed by atoms with Gasteiger partial charge in [-0.3, -0.25) is 0 Å². The highest BCUT2D eigenvalue weighted by atomic mass is 32.3. The summed E-state index contributed by atoms with van der Waals surface area (Å²) in [7, 11) is -4.61. The van der Waals surface area contributed by atoms with Crippen LogP contribution in [0.3, 0.4) is 0 Å². The van der Waals surface area contributed by atoms with Gasteiger partial charge in [0.15, 0.2) is 0 Å². The minimum atomic E-state index is -4.61. The van der Waals surface area contributed by atoms with Crippen molar-refractivity contribution in [2.75, 3.05) is 0 Å². The van der Waals surface area contributed by atoms with Gasteiger partial charge in [0.05, 0.1) is 0 Å². The molecule has 74 valence electrons. The second-order valence-corrected chi connectivity index (χ2v) is 5.46. The normalized spacial score (nSPS) is 12.1. The maximum Gasteiger partial charge on any atom is 0.333 e. The molecular formula is C9H7FO2S2. The number of rotatable bonds is 1. The van der Waals surface area contributed by atoms with Crippen molar-refractivity contribution in [2.24, 2.45) is 0 Å². The second-order valence-electron chi connectivity index (χ2n) is 2.92. The van der Waals surface area contributed by atoms with Crippen molar-refractivity contribution in [3.05, 3.63) is 29.1 Å². The number of halogens is 1. The lowest BCUT2D eigenvalue weighted by atomic mass is 10.2. The Morgan fingerprint density at radius 2 is 1.93 bits per heavy atom. The van der Waals surface area contributed by atoms with E-state index < -0.39 is 10.2 Å². The summed E-state index contributed by atoms with van der Waals surface area (Å²) in [5.41, 5.74) is 0. The predicted octanol–water partition coefficient (Wildman–Crippen LogP) is 2.87. The molecule has 0 bridgehead atoms. The molecule has 0 spiro atoms. The third kappa shape index (κ3) is 1.42. The van der Waals surface area contributed by atoms with Crippen LogP contribution in [0.4, 0.5) is 3.89 Å². The first-order valence-corrected chi connectivity index (χ1v) is 6.13. The summed E-state index contributed by atoms with van der Waals surface area (Å²) in [6.45, 7) is 1.61. The summed E-state index contributed by atoms with van der Waals surface area (Å²) < 4.78 is 35.5. The average Bonchev–Trinajstić information content (AvgIpc) is 2.38. The molecule has 0 aliphatic heterocycles. The summed E-state index contributed by atoms with van der Waals surface area (Å²) in [5.74, 6) is 0. The summed E-state index contributed by atoms with van der Waals surface area (Å²) in [4.78, 5) is 0.312. The molecule has 0 unspecified atom stereocenters. The van der Waals surface area contributed by atoms with E-state index in [1.807, 2.05) is 0 Å². The first-order chi connectivity index (χ1) is 6.50. The van der Waals surface area contributed by atoms with Gasteiger partial charge in [-0.05, 0) is 13.0 Å². The van der Waals surface area contributed by atoms with Gasteiger partial charge >= 0.3 is 10.2 Å². The van der Waals surface area contributed by atoms with Crippen molar-refractivity contribution in [3.63, 3.8) is 0 Å². The highest BCUT2D eigenvalue weighted by Gasteiger charge is 2.21.